The Labute approximate surface area is 181 Å². The fraction of sp³-hybridized carbons (Fsp3) is 0.273. The molecule has 0 aliphatic heterocycles. The van der Waals surface area contributed by atoms with Crippen LogP contribution in [0, 0.1) is 0 Å². The summed E-state index contributed by atoms with van der Waals surface area (Å²) in [5, 5.41) is 11.5. The Morgan fingerprint density at radius 3 is 2.45 bits per heavy atom. The third-order valence-corrected chi connectivity index (χ3v) is 5.40. The molecular formula is C22H24Cl2N4O. The number of aromatic amines is 1. The van der Waals surface area contributed by atoms with Crippen LogP contribution in [0.5, 0.6) is 0 Å². The first kappa shape index (κ1) is 21.4. The Hall–Kier alpha value is -2.34. The number of hydrogen-bond donors (Lipinski definition) is 2. The minimum absolute atomic E-state index is 0.0700. The lowest BCUT2D eigenvalue weighted by Crippen LogP contribution is -2.34. The van der Waals surface area contributed by atoms with E-state index in [1.54, 1.807) is 12.1 Å². The Bertz CT molecular complexity index is 965. The van der Waals surface area contributed by atoms with Crippen molar-refractivity contribution in [1.82, 2.24) is 20.4 Å². The molecule has 7 heteroatoms. The van der Waals surface area contributed by atoms with E-state index < -0.39 is 0 Å². The molecule has 2 aromatic carbocycles. The van der Waals surface area contributed by atoms with Crippen LogP contribution < -0.4 is 5.32 Å². The zero-order valence-electron chi connectivity index (χ0n) is 16.5. The van der Waals surface area contributed by atoms with Gasteiger partial charge in [-0.15, -0.1) is 0 Å². The topological polar surface area (TPSA) is 61.0 Å². The highest BCUT2D eigenvalue weighted by Crippen LogP contribution is 2.31. The molecule has 0 unspecified atom stereocenters. The maximum absolute atomic E-state index is 12.3. The van der Waals surface area contributed by atoms with Gasteiger partial charge in [0.1, 0.15) is 0 Å². The van der Waals surface area contributed by atoms with Crippen molar-refractivity contribution < 1.29 is 4.79 Å². The molecule has 0 fully saturated rings. The molecule has 3 aromatic rings. The van der Waals surface area contributed by atoms with Crippen LogP contribution in [0.1, 0.15) is 24.2 Å². The van der Waals surface area contributed by atoms with Crippen molar-refractivity contribution in [3.05, 3.63) is 64.1 Å². The van der Waals surface area contributed by atoms with Gasteiger partial charge < -0.3 is 10.2 Å². The second kappa shape index (κ2) is 9.92. The number of nitrogens with zero attached hydrogens (tertiary/aromatic N) is 2. The number of nitrogens with one attached hydrogen (secondary N) is 2. The summed E-state index contributed by atoms with van der Waals surface area (Å²) in [4.78, 5) is 14.6. The Kier molecular flexibility index (Phi) is 7.31. The first-order valence-corrected chi connectivity index (χ1v) is 10.4. The minimum Gasteiger partial charge on any atom is -0.351 e. The molecular weight excluding hydrogens is 407 g/mol. The van der Waals surface area contributed by atoms with Gasteiger partial charge >= 0.3 is 0 Å². The molecule has 0 saturated heterocycles. The lowest BCUT2D eigenvalue weighted by Gasteiger charge is -2.17. The van der Waals surface area contributed by atoms with Gasteiger partial charge in [-0.2, -0.15) is 5.10 Å². The first-order valence-electron chi connectivity index (χ1n) is 9.63. The predicted octanol–water partition coefficient (Wildman–Crippen LogP) is 5.12. The maximum atomic E-state index is 12.3. The molecule has 1 aromatic heterocycles. The number of hydrogen-bond acceptors (Lipinski definition) is 3. The molecule has 1 heterocycles. The Morgan fingerprint density at radius 2 is 1.79 bits per heavy atom. The van der Waals surface area contributed by atoms with Crippen molar-refractivity contribution >= 4 is 29.1 Å². The molecule has 0 radical (unpaired) electrons. The van der Waals surface area contributed by atoms with Crippen molar-refractivity contribution in [1.29, 1.82) is 0 Å². The summed E-state index contributed by atoms with van der Waals surface area (Å²) in [6.07, 6.45) is 0. The molecule has 3 rings (SSSR count). The number of rotatable bonds is 8. The SMILES string of the molecule is CCN(CC)CCNC(=O)c1ccc(-c2cc(-c3ccc(Cl)cc3Cl)[nH]n2)cc1. The largest absolute Gasteiger partial charge is 0.351 e. The highest BCUT2D eigenvalue weighted by Gasteiger charge is 2.11. The summed E-state index contributed by atoms with van der Waals surface area (Å²) in [6.45, 7) is 7.67. The molecule has 0 aliphatic rings. The smallest absolute Gasteiger partial charge is 0.251 e. The minimum atomic E-state index is -0.0700. The number of aromatic nitrogens is 2. The van der Waals surface area contributed by atoms with Crippen LogP contribution >= 0.6 is 23.2 Å². The van der Waals surface area contributed by atoms with E-state index in [1.807, 2.05) is 36.4 Å². The Morgan fingerprint density at radius 1 is 1.07 bits per heavy atom. The fourth-order valence-electron chi connectivity index (χ4n) is 3.08. The fourth-order valence-corrected chi connectivity index (χ4v) is 3.59. The normalized spacial score (nSPS) is 11.1. The van der Waals surface area contributed by atoms with Crippen LogP contribution in [0.4, 0.5) is 0 Å². The van der Waals surface area contributed by atoms with Crippen molar-refractivity contribution in [3.8, 4) is 22.5 Å². The molecule has 152 valence electrons. The van der Waals surface area contributed by atoms with Gasteiger partial charge in [-0.05, 0) is 49.5 Å². The highest BCUT2D eigenvalue weighted by atomic mass is 35.5. The molecule has 0 atom stereocenters. The van der Waals surface area contributed by atoms with Crippen molar-refractivity contribution in [2.75, 3.05) is 26.2 Å². The van der Waals surface area contributed by atoms with E-state index in [0.29, 0.717) is 22.2 Å². The van der Waals surface area contributed by atoms with Crippen LogP contribution in [0.15, 0.2) is 48.5 Å². The quantitative estimate of drug-likeness (QED) is 0.520. The predicted molar refractivity (Wildman–Crippen MR) is 120 cm³/mol. The summed E-state index contributed by atoms with van der Waals surface area (Å²) in [5.74, 6) is -0.0700. The van der Waals surface area contributed by atoms with Crippen molar-refractivity contribution in [3.63, 3.8) is 0 Å². The summed E-state index contributed by atoms with van der Waals surface area (Å²) in [6, 6.07) is 14.7. The zero-order valence-corrected chi connectivity index (χ0v) is 18.0. The highest BCUT2D eigenvalue weighted by molar-refractivity contribution is 6.36. The van der Waals surface area contributed by atoms with E-state index in [1.165, 1.54) is 0 Å². The van der Waals surface area contributed by atoms with Gasteiger partial charge in [-0.1, -0.05) is 49.2 Å². The van der Waals surface area contributed by atoms with Crippen molar-refractivity contribution in [2.24, 2.45) is 0 Å². The Balaban J connectivity index is 1.66. The number of carbonyl (C=O) groups is 1. The average molecular weight is 431 g/mol. The maximum Gasteiger partial charge on any atom is 0.251 e. The number of amides is 1. The zero-order chi connectivity index (χ0) is 20.8. The number of H-pyrrole nitrogens is 1. The molecule has 0 aliphatic carbocycles. The summed E-state index contributed by atoms with van der Waals surface area (Å²) < 4.78 is 0. The monoisotopic (exact) mass is 430 g/mol. The lowest BCUT2D eigenvalue weighted by molar-refractivity contribution is 0.0949. The molecule has 0 bridgehead atoms. The van der Waals surface area contributed by atoms with Gasteiger partial charge in [-0.25, -0.2) is 0 Å². The van der Waals surface area contributed by atoms with Gasteiger partial charge in [0.05, 0.1) is 16.4 Å². The molecule has 1 amide bonds. The third kappa shape index (κ3) is 5.38. The average Bonchev–Trinajstić information content (AvgIpc) is 3.21. The van der Waals surface area contributed by atoms with Crippen LogP contribution in [0.2, 0.25) is 10.0 Å². The van der Waals surface area contributed by atoms with Crippen LogP contribution in [0.25, 0.3) is 22.5 Å². The molecule has 0 spiro atoms. The molecule has 2 N–H and O–H groups in total. The van der Waals surface area contributed by atoms with Gasteiger partial charge in [-0.3, -0.25) is 9.89 Å². The van der Waals surface area contributed by atoms with Gasteiger partial charge in [0.25, 0.3) is 5.91 Å². The van der Waals surface area contributed by atoms with Crippen LogP contribution in [0.3, 0.4) is 0 Å². The summed E-state index contributed by atoms with van der Waals surface area (Å²) >= 11 is 12.2. The second-order valence-electron chi connectivity index (χ2n) is 6.65. The summed E-state index contributed by atoms with van der Waals surface area (Å²) in [7, 11) is 0. The lowest BCUT2D eigenvalue weighted by atomic mass is 10.1. The van der Waals surface area contributed by atoms with E-state index in [-0.39, 0.29) is 5.91 Å². The number of benzene rings is 2. The molecule has 5 nitrogen and oxygen atoms in total. The molecule has 0 saturated carbocycles. The first-order chi connectivity index (χ1) is 14.0. The van der Waals surface area contributed by atoms with E-state index in [0.717, 1.165) is 42.1 Å². The molecule has 29 heavy (non-hydrogen) atoms. The standard InChI is InChI=1S/C22H24Cl2N4O/c1-3-28(4-2)12-11-25-22(29)16-7-5-15(6-8-16)20-14-21(27-26-20)18-10-9-17(23)13-19(18)24/h5-10,13-14H,3-4,11-12H2,1-2H3,(H,25,29)(H,26,27). The van der Waals surface area contributed by atoms with E-state index in [2.05, 4.69) is 34.3 Å². The summed E-state index contributed by atoms with van der Waals surface area (Å²) in [5.41, 5.74) is 3.96. The van der Waals surface area contributed by atoms with Gasteiger partial charge in [0.15, 0.2) is 0 Å². The van der Waals surface area contributed by atoms with Gasteiger partial charge in [0.2, 0.25) is 0 Å². The second-order valence-corrected chi connectivity index (χ2v) is 7.49. The van der Waals surface area contributed by atoms with Gasteiger partial charge in [0, 0.05) is 34.8 Å². The third-order valence-electron chi connectivity index (χ3n) is 4.85. The number of halogens is 2. The van der Waals surface area contributed by atoms with E-state index in [9.17, 15) is 4.79 Å². The van der Waals surface area contributed by atoms with E-state index >= 15 is 0 Å². The van der Waals surface area contributed by atoms with E-state index in [4.69, 9.17) is 23.2 Å². The van der Waals surface area contributed by atoms with Crippen LogP contribution in [-0.2, 0) is 0 Å². The number of likely N-dealkylation sites (N-methyl/N-ethyl adjacent to an activating group) is 1. The number of carbonyl (C=O) groups excluding carboxylic acids is 1. The van der Waals surface area contributed by atoms with Crippen LogP contribution in [-0.4, -0.2) is 47.2 Å². The van der Waals surface area contributed by atoms with Crippen molar-refractivity contribution in [2.45, 2.75) is 13.8 Å².